The Balaban J connectivity index is 1.91. The van der Waals surface area contributed by atoms with E-state index in [-0.39, 0.29) is 5.69 Å². The highest BCUT2D eigenvalue weighted by atomic mass is 16.6. The Hall–Kier alpha value is -3.48. The fourth-order valence-corrected chi connectivity index (χ4v) is 2.37. The van der Waals surface area contributed by atoms with Crippen molar-refractivity contribution in [2.24, 2.45) is 0 Å². The zero-order valence-corrected chi connectivity index (χ0v) is 15.9. The minimum Gasteiger partial charge on any atom is -0.449 e. The summed E-state index contributed by atoms with van der Waals surface area (Å²) in [6.45, 7) is 5.63. The largest absolute Gasteiger partial charge is 0.449 e. The van der Waals surface area contributed by atoms with E-state index in [1.54, 1.807) is 18.2 Å². The molecule has 1 unspecified atom stereocenters. The van der Waals surface area contributed by atoms with E-state index >= 15 is 0 Å². The third kappa shape index (κ3) is 6.05. The van der Waals surface area contributed by atoms with E-state index in [1.165, 1.54) is 31.2 Å². The van der Waals surface area contributed by atoms with Crippen LogP contribution in [0.1, 0.15) is 37.8 Å². The van der Waals surface area contributed by atoms with Gasteiger partial charge in [-0.15, -0.1) is 0 Å². The molecule has 7 nitrogen and oxygen atoms in total. The van der Waals surface area contributed by atoms with Crippen LogP contribution in [0.3, 0.4) is 0 Å². The summed E-state index contributed by atoms with van der Waals surface area (Å²) in [5.74, 6) is -0.777. The molecule has 1 atom stereocenters. The van der Waals surface area contributed by atoms with Crippen LogP contribution in [0.4, 0.5) is 11.4 Å². The second kappa shape index (κ2) is 9.45. The Kier molecular flexibility index (Phi) is 7.03. The van der Waals surface area contributed by atoms with Crippen molar-refractivity contribution in [3.63, 3.8) is 0 Å². The van der Waals surface area contributed by atoms with Gasteiger partial charge in [-0.2, -0.15) is 0 Å². The summed E-state index contributed by atoms with van der Waals surface area (Å²) in [5.41, 5.74) is 2.17. The van der Waals surface area contributed by atoms with Crippen molar-refractivity contribution < 1.29 is 19.2 Å². The fourth-order valence-electron chi connectivity index (χ4n) is 2.37. The lowest BCUT2D eigenvalue weighted by molar-refractivity contribution is -0.384. The van der Waals surface area contributed by atoms with E-state index in [1.807, 2.05) is 12.1 Å². The van der Waals surface area contributed by atoms with Crippen molar-refractivity contribution in [1.29, 1.82) is 0 Å². The average Bonchev–Trinajstić information content (AvgIpc) is 2.67. The number of esters is 1. The number of carbonyl (C=O) groups is 2. The van der Waals surface area contributed by atoms with E-state index in [0.29, 0.717) is 17.2 Å². The molecule has 0 radical (unpaired) electrons. The lowest BCUT2D eigenvalue weighted by Crippen LogP contribution is -2.29. The number of nitro groups is 1. The van der Waals surface area contributed by atoms with Crippen molar-refractivity contribution in [1.82, 2.24) is 0 Å². The number of amides is 1. The smallest absolute Gasteiger partial charge is 0.331 e. The summed E-state index contributed by atoms with van der Waals surface area (Å²) in [4.78, 5) is 34.3. The Morgan fingerprint density at radius 1 is 1.11 bits per heavy atom. The SMILES string of the molecule is CC(OC(=O)/C=C/c1cccc([N+](=O)[O-])c1)C(=O)Nc1ccc(C(C)C)cc1. The van der Waals surface area contributed by atoms with Crippen molar-refractivity contribution in [2.75, 3.05) is 5.32 Å². The number of hydrogen-bond acceptors (Lipinski definition) is 5. The molecular formula is C21H22N2O5. The van der Waals surface area contributed by atoms with Gasteiger partial charge >= 0.3 is 5.97 Å². The van der Waals surface area contributed by atoms with E-state index in [0.717, 1.165) is 11.6 Å². The standard InChI is InChI=1S/C21H22N2O5/c1-14(2)17-8-10-18(11-9-17)22-21(25)15(3)28-20(24)12-7-16-5-4-6-19(13-16)23(26)27/h4-15H,1-3H3,(H,22,25)/b12-7+. The van der Waals surface area contributed by atoms with E-state index in [4.69, 9.17) is 4.74 Å². The number of non-ortho nitro benzene ring substituents is 1. The molecular weight excluding hydrogens is 360 g/mol. The van der Waals surface area contributed by atoms with Crippen LogP contribution < -0.4 is 5.32 Å². The van der Waals surface area contributed by atoms with Gasteiger partial charge in [0, 0.05) is 23.9 Å². The van der Waals surface area contributed by atoms with E-state index in [9.17, 15) is 19.7 Å². The van der Waals surface area contributed by atoms with Crippen LogP contribution in [0.2, 0.25) is 0 Å². The van der Waals surface area contributed by atoms with Crippen molar-refractivity contribution in [3.05, 3.63) is 75.8 Å². The molecule has 0 aliphatic carbocycles. The molecule has 0 saturated carbocycles. The summed E-state index contributed by atoms with van der Waals surface area (Å²) in [6.07, 6.45) is 1.53. The third-order valence-electron chi connectivity index (χ3n) is 4.00. The van der Waals surface area contributed by atoms with Crippen LogP contribution >= 0.6 is 0 Å². The monoisotopic (exact) mass is 382 g/mol. The Bertz CT molecular complexity index is 888. The number of rotatable bonds is 7. The molecule has 0 saturated heterocycles. The molecule has 1 N–H and O–H groups in total. The van der Waals surface area contributed by atoms with Crippen LogP contribution in [0, 0.1) is 10.1 Å². The molecule has 1 amide bonds. The molecule has 0 heterocycles. The van der Waals surface area contributed by atoms with Crippen LogP contribution in [0.15, 0.2) is 54.6 Å². The zero-order valence-electron chi connectivity index (χ0n) is 15.9. The highest BCUT2D eigenvalue weighted by molar-refractivity contribution is 5.96. The van der Waals surface area contributed by atoms with Gasteiger partial charge in [-0.05, 0) is 42.2 Å². The van der Waals surface area contributed by atoms with Crippen LogP contribution in [0.5, 0.6) is 0 Å². The van der Waals surface area contributed by atoms with Gasteiger partial charge in [0.1, 0.15) is 0 Å². The van der Waals surface area contributed by atoms with Crippen LogP contribution in [0.25, 0.3) is 6.08 Å². The highest BCUT2D eigenvalue weighted by Crippen LogP contribution is 2.17. The summed E-state index contributed by atoms with van der Waals surface area (Å²) in [6, 6.07) is 13.3. The molecule has 0 aliphatic heterocycles. The van der Waals surface area contributed by atoms with Gasteiger partial charge < -0.3 is 10.1 Å². The quantitative estimate of drug-likeness (QED) is 0.333. The maximum atomic E-state index is 12.2. The Labute approximate surface area is 163 Å². The molecule has 28 heavy (non-hydrogen) atoms. The van der Waals surface area contributed by atoms with Crippen LogP contribution in [-0.2, 0) is 14.3 Å². The Morgan fingerprint density at radius 2 is 1.79 bits per heavy atom. The third-order valence-corrected chi connectivity index (χ3v) is 4.00. The second-order valence-electron chi connectivity index (χ2n) is 6.53. The lowest BCUT2D eigenvalue weighted by Gasteiger charge is -2.13. The zero-order chi connectivity index (χ0) is 20.7. The lowest BCUT2D eigenvalue weighted by atomic mass is 10.0. The van der Waals surface area contributed by atoms with Gasteiger partial charge in [0.05, 0.1) is 4.92 Å². The van der Waals surface area contributed by atoms with Crippen molar-refractivity contribution in [3.8, 4) is 0 Å². The Morgan fingerprint density at radius 3 is 2.39 bits per heavy atom. The molecule has 2 aromatic rings. The minimum atomic E-state index is -0.993. The highest BCUT2D eigenvalue weighted by Gasteiger charge is 2.17. The molecule has 0 spiro atoms. The van der Waals surface area contributed by atoms with E-state index in [2.05, 4.69) is 19.2 Å². The maximum Gasteiger partial charge on any atom is 0.331 e. The van der Waals surface area contributed by atoms with Gasteiger partial charge in [0.2, 0.25) is 0 Å². The number of hydrogen-bond donors (Lipinski definition) is 1. The fraction of sp³-hybridized carbons (Fsp3) is 0.238. The van der Waals surface area contributed by atoms with Crippen molar-refractivity contribution >= 4 is 29.3 Å². The first-order chi connectivity index (χ1) is 13.3. The van der Waals surface area contributed by atoms with Crippen molar-refractivity contribution in [2.45, 2.75) is 32.8 Å². The number of carbonyl (C=O) groups excluding carboxylic acids is 2. The van der Waals surface area contributed by atoms with Gasteiger partial charge in [-0.1, -0.05) is 38.1 Å². The van der Waals surface area contributed by atoms with Gasteiger partial charge in [-0.3, -0.25) is 14.9 Å². The average molecular weight is 382 g/mol. The summed E-state index contributed by atoms with van der Waals surface area (Å²) < 4.78 is 5.07. The molecule has 7 heteroatoms. The number of nitrogens with zero attached hydrogens (tertiary/aromatic N) is 1. The normalized spacial score (nSPS) is 12.0. The topological polar surface area (TPSA) is 98.5 Å². The van der Waals surface area contributed by atoms with E-state index < -0.39 is 22.9 Å². The number of nitro benzene ring substituents is 1. The first-order valence-corrected chi connectivity index (χ1v) is 8.80. The van der Waals surface area contributed by atoms with Crippen LogP contribution in [-0.4, -0.2) is 22.9 Å². The van der Waals surface area contributed by atoms with Gasteiger partial charge in [0.25, 0.3) is 11.6 Å². The molecule has 0 aromatic heterocycles. The first kappa shape index (κ1) is 20.8. The summed E-state index contributed by atoms with van der Waals surface area (Å²) in [5, 5.41) is 13.5. The predicted molar refractivity (Wildman–Crippen MR) is 107 cm³/mol. The predicted octanol–water partition coefficient (Wildman–Crippen LogP) is 4.30. The maximum absolute atomic E-state index is 12.2. The number of anilines is 1. The minimum absolute atomic E-state index is 0.0771. The molecule has 0 fully saturated rings. The summed E-state index contributed by atoms with van der Waals surface area (Å²) >= 11 is 0. The molecule has 0 bridgehead atoms. The molecule has 2 aromatic carbocycles. The second-order valence-corrected chi connectivity index (χ2v) is 6.53. The van der Waals surface area contributed by atoms with Gasteiger partial charge in [0.15, 0.2) is 6.10 Å². The van der Waals surface area contributed by atoms with Gasteiger partial charge in [-0.25, -0.2) is 4.79 Å². The first-order valence-electron chi connectivity index (χ1n) is 8.80. The number of ether oxygens (including phenoxy) is 1. The molecule has 0 aliphatic rings. The number of nitrogens with one attached hydrogen (secondary N) is 1. The summed E-state index contributed by atoms with van der Waals surface area (Å²) in [7, 11) is 0. The molecule has 146 valence electrons. The number of benzene rings is 2. The molecule has 2 rings (SSSR count).